The first-order valence-electron chi connectivity index (χ1n) is 8.68. The van der Waals surface area contributed by atoms with Crippen molar-refractivity contribution in [3.05, 3.63) is 54.1 Å². The van der Waals surface area contributed by atoms with Gasteiger partial charge in [0.1, 0.15) is 5.75 Å². The van der Waals surface area contributed by atoms with Crippen molar-refractivity contribution >= 4 is 35.8 Å². The van der Waals surface area contributed by atoms with Gasteiger partial charge in [-0.05, 0) is 36.1 Å². The number of hydrogen-bond donors (Lipinski definition) is 1. The third-order valence-electron chi connectivity index (χ3n) is 5.33. The van der Waals surface area contributed by atoms with Gasteiger partial charge >= 0.3 is 0 Å². The summed E-state index contributed by atoms with van der Waals surface area (Å²) >= 11 is 1.87. The Morgan fingerprint density at radius 2 is 2.15 bits per heavy atom. The molecule has 4 nitrogen and oxygen atoms in total. The minimum absolute atomic E-state index is 0. The highest BCUT2D eigenvalue weighted by Gasteiger charge is 2.53. The number of methoxy groups -OCH3 is 1. The number of carbonyl (C=O) groups excluding carboxylic acids is 1. The Morgan fingerprint density at radius 3 is 2.92 bits per heavy atom. The average molecular weight is 391 g/mol. The van der Waals surface area contributed by atoms with E-state index in [2.05, 4.69) is 23.5 Å². The topological polar surface area (TPSA) is 50.7 Å². The van der Waals surface area contributed by atoms with E-state index in [1.54, 1.807) is 7.11 Å². The van der Waals surface area contributed by atoms with Crippen LogP contribution in [0.2, 0.25) is 0 Å². The Labute approximate surface area is 164 Å². The van der Waals surface area contributed by atoms with Crippen molar-refractivity contribution in [2.75, 3.05) is 19.4 Å². The van der Waals surface area contributed by atoms with E-state index >= 15 is 0 Å². The number of rotatable bonds is 4. The number of carbonyl (C=O) groups is 1. The summed E-state index contributed by atoms with van der Waals surface area (Å²) < 4.78 is 5.08. The third-order valence-corrected chi connectivity index (χ3v) is 6.98. The summed E-state index contributed by atoms with van der Waals surface area (Å²) in [5, 5.41) is 3.13. The highest BCUT2D eigenvalue weighted by atomic mass is 35.5. The Kier molecular flexibility index (Phi) is 5.78. The van der Waals surface area contributed by atoms with Crippen LogP contribution in [0.25, 0.3) is 0 Å². The monoisotopic (exact) mass is 390 g/mol. The Balaban J connectivity index is 0.00000196. The standard InChI is InChI=1S/C20H22N2O2S.ClH/c1-24-15-7-5-14(6-8-15)12-22-19(23)16-13-25-20-10-3-2-4-18(20)21-11-9-17(16)20;/h2-8,10,16-17H,9,11-13H2,1H3,(H,22,23);1H. The van der Waals surface area contributed by atoms with Gasteiger partial charge in [0.05, 0.1) is 23.5 Å². The fraction of sp³-hybridized carbons (Fsp3) is 0.400. The van der Waals surface area contributed by atoms with Crippen molar-refractivity contribution in [2.45, 2.75) is 17.7 Å². The molecule has 2 aliphatic heterocycles. The summed E-state index contributed by atoms with van der Waals surface area (Å²) in [6, 6.07) is 7.82. The van der Waals surface area contributed by atoms with Crippen LogP contribution >= 0.6 is 24.2 Å². The van der Waals surface area contributed by atoms with E-state index in [9.17, 15) is 4.79 Å². The third kappa shape index (κ3) is 3.30. The number of thioether (sulfide) groups is 1. The van der Waals surface area contributed by atoms with Gasteiger partial charge in [-0.2, -0.15) is 0 Å². The van der Waals surface area contributed by atoms with Crippen LogP contribution in [0.4, 0.5) is 0 Å². The summed E-state index contributed by atoms with van der Waals surface area (Å²) in [4.78, 5) is 17.5. The average Bonchev–Trinajstić information content (AvgIpc) is 3.04. The molecule has 138 valence electrons. The van der Waals surface area contributed by atoms with Crippen molar-refractivity contribution < 1.29 is 9.53 Å². The van der Waals surface area contributed by atoms with Crippen LogP contribution in [0, 0.1) is 11.8 Å². The Morgan fingerprint density at radius 1 is 1.35 bits per heavy atom. The number of ether oxygens (including phenoxy) is 1. The molecule has 4 rings (SSSR count). The lowest BCUT2D eigenvalue weighted by Gasteiger charge is -2.38. The first-order valence-corrected chi connectivity index (χ1v) is 9.67. The van der Waals surface area contributed by atoms with Crippen molar-refractivity contribution in [3.63, 3.8) is 0 Å². The van der Waals surface area contributed by atoms with Crippen LogP contribution in [0.15, 0.2) is 53.6 Å². The molecule has 3 aliphatic rings. The summed E-state index contributed by atoms with van der Waals surface area (Å²) in [7, 11) is 1.65. The van der Waals surface area contributed by atoms with Crippen molar-refractivity contribution in [1.29, 1.82) is 0 Å². The summed E-state index contributed by atoms with van der Waals surface area (Å²) in [5.41, 5.74) is 2.22. The molecule has 0 saturated carbocycles. The van der Waals surface area contributed by atoms with E-state index in [1.807, 2.05) is 42.1 Å². The van der Waals surface area contributed by atoms with Crippen molar-refractivity contribution in [3.8, 4) is 5.75 Å². The van der Waals surface area contributed by atoms with Gasteiger partial charge in [0.2, 0.25) is 5.91 Å². The maximum Gasteiger partial charge on any atom is 0.224 e. The molecule has 1 aliphatic carbocycles. The van der Waals surface area contributed by atoms with Crippen molar-refractivity contribution in [1.82, 2.24) is 5.32 Å². The number of nitrogens with one attached hydrogen (secondary N) is 1. The molecule has 1 N–H and O–H groups in total. The van der Waals surface area contributed by atoms with Crippen LogP contribution in [0.3, 0.4) is 0 Å². The lowest BCUT2D eigenvalue weighted by molar-refractivity contribution is -0.125. The largest absolute Gasteiger partial charge is 0.497 e. The quantitative estimate of drug-likeness (QED) is 0.856. The fourth-order valence-corrected chi connectivity index (χ4v) is 5.77. The molecule has 1 spiro atoms. The van der Waals surface area contributed by atoms with Crippen LogP contribution in [-0.4, -0.2) is 35.8 Å². The van der Waals surface area contributed by atoms with Gasteiger partial charge in [-0.25, -0.2) is 0 Å². The van der Waals surface area contributed by atoms with Crippen LogP contribution in [0.5, 0.6) is 5.75 Å². The smallest absolute Gasteiger partial charge is 0.224 e. The molecule has 0 radical (unpaired) electrons. The second kappa shape index (κ2) is 7.89. The molecular weight excluding hydrogens is 368 g/mol. The maximum absolute atomic E-state index is 12.8. The van der Waals surface area contributed by atoms with Gasteiger partial charge in [-0.15, -0.1) is 24.2 Å². The molecule has 3 atom stereocenters. The van der Waals surface area contributed by atoms with Crippen LogP contribution < -0.4 is 10.1 Å². The SMILES string of the molecule is COc1ccc(CNC(=O)C2CSC34C=CC=CC3=NCCC24)cc1.Cl. The normalized spacial score (nSPS) is 28.4. The maximum atomic E-state index is 12.8. The zero-order chi connectivity index (χ0) is 17.3. The lowest BCUT2D eigenvalue weighted by Crippen LogP contribution is -2.46. The van der Waals surface area contributed by atoms with Gasteiger partial charge in [-0.3, -0.25) is 9.79 Å². The number of nitrogens with zero attached hydrogens (tertiary/aromatic N) is 1. The molecule has 1 saturated heterocycles. The van der Waals surface area contributed by atoms with E-state index in [0.717, 1.165) is 35.7 Å². The molecule has 26 heavy (non-hydrogen) atoms. The van der Waals surface area contributed by atoms with Gasteiger partial charge in [0, 0.05) is 18.8 Å². The predicted molar refractivity (Wildman–Crippen MR) is 109 cm³/mol. The molecule has 1 fully saturated rings. The number of benzene rings is 1. The van der Waals surface area contributed by atoms with E-state index in [-0.39, 0.29) is 29.0 Å². The summed E-state index contributed by atoms with van der Waals surface area (Å²) in [6.07, 6.45) is 9.48. The molecule has 0 bridgehead atoms. The van der Waals surface area contributed by atoms with Crippen LogP contribution in [0.1, 0.15) is 12.0 Å². The number of halogens is 1. The Bertz CT molecular complexity index is 760. The number of allylic oxidation sites excluding steroid dienone is 3. The second-order valence-corrected chi connectivity index (χ2v) is 7.95. The van der Waals surface area contributed by atoms with E-state index in [0.29, 0.717) is 12.5 Å². The van der Waals surface area contributed by atoms with Gasteiger partial charge in [-0.1, -0.05) is 30.4 Å². The van der Waals surface area contributed by atoms with Crippen molar-refractivity contribution in [2.24, 2.45) is 16.8 Å². The first-order chi connectivity index (χ1) is 12.2. The highest BCUT2D eigenvalue weighted by molar-refractivity contribution is 8.02. The Hall–Kier alpha value is -1.72. The number of aliphatic imine (C=N–C) groups is 1. The predicted octanol–water partition coefficient (Wildman–Crippen LogP) is 3.42. The highest BCUT2D eigenvalue weighted by Crippen LogP contribution is 2.52. The van der Waals surface area contributed by atoms with Gasteiger partial charge in [0.25, 0.3) is 0 Å². The van der Waals surface area contributed by atoms with E-state index in [1.165, 1.54) is 0 Å². The summed E-state index contributed by atoms with van der Waals surface area (Å²) in [6.45, 7) is 1.38. The molecule has 3 unspecified atom stereocenters. The fourth-order valence-electron chi connectivity index (χ4n) is 3.98. The molecule has 1 aromatic rings. The first kappa shape index (κ1) is 19.1. The molecule has 2 heterocycles. The van der Waals surface area contributed by atoms with Crippen LogP contribution in [-0.2, 0) is 11.3 Å². The minimum Gasteiger partial charge on any atom is -0.497 e. The molecule has 0 aromatic heterocycles. The molecular formula is C20H23ClN2O2S. The lowest BCUT2D eigenvalue weighted by atomic mass is 9.74. The minimum atomic E-state index is -0.0882. The van der Waals surface area contributed by atoms with E-state index < -0.39 is 0 Å². The molecule has 1 aromatic carbocycles. The molecule has 6 heteroatoms. The summed E-state index contributed by atoms with van der Waals surface area (Å²) in [5.74, 6) is 2.23. The number of amides is 1. The second-order valence-electron chi connectivity index (χ2n) is 6.66. The zero-order valence-electron chi connectivity index (χ0n) is 14.7. The zero-order valence-corrected chi connectivity index (χ0v) is 16.3. The van der Waals surface area contributed by atoms with Gasteiger partial charge < -0.3 is 10.1 Å². The van der Waals surface area contributed by atoms with Gasteiger partial charge in [0.15, 0.2) is 0 Å². The van der Waals surface area contributed by atoms with E-state index in [4.69, 9.17) is 9.73 Å². The molecule has 1 amide bonds. The number of hydrogen-bond acceptors (Lipinski definition) is 4.